The Balaban J connectivity index is 1.93. The summed E-state index contributed by atoms with van der Waals surface area (Å²) < 4.78 is 1.62. The number of hydrogen-bond donors (Lipinski definition) is 2. The minimum Gasteiger partial charge on any atom is -0.480 e. The number of nitrogens with zero attached hydrogens (tertiary/aromatic N) is 3. The lowest BCUT2D eigenvalue weighted by molar-refractivity contribution is -0.145. The maximum Gasteiger partial charge on any atom is 0.329 e. The van der Waals surface area contributed by atoms with Crippen molar-refractivity contribution in [3.8, 4) is 0 Å². The van der Waals surface area contributed by atoms with Gasteiger partial charge >= 0.3 is 5.97 Å². The fraction of sp³-hybridized carbons (Fsp3) is 0.529. The highest BCUT2D eigenvalue weighted by molar-refractivity contribution is 5.98. The molecule has 2 N–H and O–H groups in total. The molecule has 7 heteroatoms. The number of hydrogen-bond acceptors (Lipinski definition) is 4. The molecule has 1 aliphatic rings. The zero-order valence-corrected chi connectivity index (χ0v) is 14.0. The van der Waals surface area contributed by atoms with Gasteiger partial charge in [0.25, 0.3) is 5.91 Å². The number of nitrogens with one attached hydrogen (secondary N) is 1. The minimum atomic E-state index is -1.19. The van der Waals surface area contributed by atoms with Gasteiger partial charge in [-0.05, 0) is 26.7 Å². The van der Waals surface area contributed by atoms with E-state index in [-0.39, 0.29) is 0 Å². The van der Waals surface area contributed by atoms with Gasteiger partial charge in [-0.1, -0.05) is 25.7 Å². The van der Waals surface area contributed by atoms with Gasteiger partial charge in [-0.3, -0.25) is 4.79 Å². The standard InChI is InChI=1S/C17H22N4O3/c1-11-9-14-18-10-13(12(2)21(14)20-11)15(22)19-17(16(23)24)7-5-3-4-6-8-17/h9-10H,3-8H2,1-2H3,(H,19,22)(H,23,24). The number of aromatic nitrogens is 3. The fourth-order valence-corrected chi connectivity index (χ4v) is 3.39. The van der Waals surface area contributed by atoms with Crippen LogP contribution in [-0.4, -0.2) is 37.1 Å². The first-order chi connectivity index (χ1) is 11.4. The Morgan fingerprint density at radius 3 is 2.50 bits per heavy atom. The summed E-state index contributed by atoms with van der Waals surface area (Å²) in [6.45, 7) is 3.65. The number of carbonyl (C=O) groups is 2. The molecule has 0 bridgehead atoms. The predicted octanol–water partition coefficient (Wildman–Crippen LogP) is 2.25. The zero-order chi connectivity index (χ0) is 17.3. The molecule has 0 unspecified atom stereocenters. The van der Waals surface area contributed by atoms with E-state index in [4.69, 9.17) is 0 Å². The predicted molar refractivity (Wildman–Crippen MR) is 88.0 cm³/mol. The Morgan fingerprint density at radius 2 is 1.88 bits per heavy atom. The van der Waals surface area contributed by atoms with E-state index in [2.05, 4.69) is 15.4 Å². The fourth-order valence-electron chi connectivity index (χ4n) is 3.39. The summed E-state index contributed by atoms with van der Waals surface area (Å²) in [5.74, 6) is -1.36. The van der Waals surface area contributed by atoms with Crippen LogP contribution in [0, 0.1) is 13.8 Å². The van der Waals surface area contributed by atoms with Gasteiger partial charge in [0.2, 0.25) is 0 Å². The molecule has 1 fully saturated rings. The third-order valence-corrected chi connectivity index (χ3v) is 4.81. The number of amides is 1. The summed E-state index contributed by atoms with van der Waals surface area (Å²) in [6.07, 6.45) is 6.04. The largest absolute Gasteiger partial charge is 0.480 e. The minimum absolute atomic E-state index is 0.357. The molecule has 2 aromatic heterocycles. The number of rotatable bonds is 3. The molecule has 128 valence electrons. The van der Waals surface area contributed by atoms with Crippen LogP contribution in [-0.2, 0) is 4.79 Å². The van der Waals surface area contributed by atoms with E-state index in [1.165, 1.54) is 6.20 Å². The molecule has 2 heterocycles. The second kappa shape index (κ2) is 6.22. The molecule has 0 saturated heterocycles. The van der Waals surface area contributed by atoms with Crippen molar-refractivity contribution in [3.63, 3.8) is 0 Å². The normalized spacial score (nSPS) is 17.4. The molecule has 3 rings (SSSR count). The van der Waals surface area contributed by atoms with Crippen molar-refractivity contribution in [3.05, 3.63) is 29.2 Å². The van der Waals surface area contributed by atoms with E-state index in [0.29, 0.717) is 29.7 Å². The number of carbonyl (C=O) groups excluding carboxylic acids is 1. The summed E-state index contributed by atoms with van der Waals surface area (Å²) in [6, 6.07) is 1.83. The van der Waals surface area contributed by atoms with Crippen molar-refractivity contribution in [2.75, 3.05) is 0 Å². The van der Waals surface area contributed by atoms with Crippen LogP contribution in [0.15, 0.2) is 12.3 Å². The molecular weight excluding hydrogens is 308 g/mol. The Morgan fingerprint density at radius 1 is 1.21 bits per heavy atom. The quantitative estimate of drug-likeness (QED) is 0.841. The molecule has 2 aromatic rings. The third kappa shape index (κ3) is 2.86. The molecule has 0 atom stereocenters. The van der Waals surface area contributed by atoms with Gasteiger partial charge in [-0.25, -0.2) is 14.3 Å². The van der Waals surface area contributed by atoms with Crippen LogP contribution in [0.2, 0.25) is 0 Å². The van der Waals surface area contributed by atoms with Crippen LogP contribution in [0.1, 0.15) is 60.3 Å². The van der Waals surface area contributed by atoms with Gasteiger partial charge in [0.1, 0.15) is 5.54 Å². The first kappa shape index (κ1) is 16.4. The van der Waals surface area contributed by atoms with Gasteiger partial charge in [-0.15, -0.1) is 0 Å². The molecule has 0 radical (unpaired) electrons. The van der Waals surface area contributed by atoms with E-state index in [0.717, 1.165) is 31.4 Å². The highest BCUT2D eigenvalue weighted by Gasteiger charge is 2.40. The van der Waals surface area contributed by atoms with Gasteiger partial charge in [0, 0.05) is 12.3 Å². The molecule has 0 aliphatic heterocycles. The van der Waals surface area contributed by atoms with Crippen molar-refractivity contribution in [1.82, 2.24) is 19.9 Å². The Hall–Kier alpha value is -2.44. The molecule has 0 aromatic carbocycles. The Kier molecular flexibility index (Phi) is 4.26. The van der Waals surface area contributed by atoms with E-state index in [9.17, 15) is 14.7 Å². The molecule has 7 nitrogen and oxygen atoms in total. The Bertz CT molecular complexity index is 788. The van der Waals surface area contributed by atoms with Crippen molar-refractivity contribution < 1.29 is 14.7 Å². The molecule has 1 amide bonds. The van der Waals surface area contributed by atoms with Crippen LogP contribution in [0.3, 0.4) is 0 Å². The average Bonchev–Trinajstić information content (AvgIpc) is 2.76. The zero-order valence-electron chi connectivity index (χ0n) is 14.0. The van der Waals surface area contributed by atoms with E-state index in [1.54, 1.807) is 11.4 Å². The summed E-state index contributed by atoms with van der Waals surface area (Å²) in [7, 11) is 0. The summed E-state index contributed by atoms with van der Waals surface area (Å²) in [4.78, 5) is 28.9. The van der Waals surface area contributed by atoms with Gasteiger partial charge in [0.15, 0.2) is 5.65 Å². The summed E-state index contributed by atoms with van der Waals surface area (Å²) in [5, 5.41) is 16.8. The van der Waals surface area contributed by atoms with Crippen LogP contribution in [0.4, 0.5) is 0 Å². The second-order valence-corrected chi connectivity index (χ2v) is 6.57. The van der Waals surface area contributed by atoms with Gasteiger partial charge in [-0.2, -0.15) is 5.10 Å². The van der Waals surface area contributed by atoms with Crippen LogP contribution < -0.4 is 5.32 Å². The highest BCUT2D eigenvalue weighted by atomic mass is 16.4. The molecule has 1 saturated carbocycles. The molecular formula is C17H22N4O3. The van der Waals surface area contributed by atoms with E-state index < -0.39 is 17.4 Å². The van der Waals surface area contributed by atoms with Crippen LogP contribution >= 0.6 is 0 Å². The topological polar surface area (TPSA) is 96.6 Å². The maximum absolute atomic E-state index is 12.8. The third-order valence-electron chi connectivity index (χ3n) is 4.81. The summed E-state index contributed by atoms with van der Waals surface area (Å²) in [5.41, 5.74) is 1.31. The number of carboxylic acid groups (broad SMARTS) is 1. The Labute approximate surface area is 140 Å². The van der Waals surface area contributed by atoms with Gasteiger partial charge < -0.3 is 10.4 Å². The first-order valence-corrected chi connectivity index (χ1v) is 8.31. The molecule has 0 spiro atoms. The van der Waals surface area contributed by atoms with Crippen molar-refractivity contribution in [1.29, 1.82) is 0 Å². The number of fused-ring (bicyclic) bond motifs is 1. The number of carboxylic acids is 1. The number of aryl methyl sites for hydroxylation is 2. The summed E-state index contributed by atoms with van der Waals surface area (Å²) >= 11 is 0. The number of aliphatic carboxylic acids is 1. The van der Waals surface area contributed by atoms with Crippen LogP contribution in [0.5, 0.6) is 0 Å². The highest BCUT2D eigenvalue weighted by Crippen LogP contribution is 2.28. The second-order valence-electron chi connectivity index (χ2n) is 6.57. The smallest absolute Gasteiger partial charge is 0.329 e. The maximum atomic E-state index is 12.8. The lowest BCUT2D eigenvalue weighted by Gasteiger charge is -2.29. The van der Waals surface area contributed by atoms with Crippen molar-refractivity contribution >= 4 is 17.5 Å². The van der Waals surface area contributed by atoms with Crippen molar-refractivity contribution in [2.24, 2.45) is 0 Å². The average molecular weight is 330 g/mol. The first-order valence-electron chi connectivity index (χ1n) is 8.31. The SMILES string of the molecule is Cc1cc2ncc(C(=O)NC3(C(=O)O)CCCCCC3)c(C)n2n1. The lowest BCUT2D eigenvalue weighted by Crippen LogP contribution is -2.54. The lowest BCUT2D eigenvalue weighted by atomic mass is 9.90. The monoisotopic (exact) mass is 330 g/mol. The van der Waals surface area contributed by atoms with Gasteiger partial charge in [0.05, 0.1) is 17.0 Å². The van der Waals surface area contributed by atoms with Crippen LogP contribution in [0.25, 0.3) is 5.65 Å². The van der Waals surface area contributed by atoms with E-state index in [1.807, 2.05) is 13.0 Å². The van der Waals surface area contributed by atoms with E-state index >= 15 is 0 Å². The molecule has 1 aliphatic carbocycles. The molecule has 24 heavy (non-hydrogen) atoms. The van der Waals surface area contributed by atoms with Crippen molar-refractivity contribution in [2.45, 2.75) is 57.9 Å².